The molecule has 0 spiro atoms. The summed E-state index contributed by atoms with van der Waals surface area (Å²) in [7, 11) is 0. The topological polar surface area (TPSA) is 12.0 Å². The zero-order chi connectivity index (χ0) is 9.33. The van der Waals surface area contributed by atoms with E-state index in [9.17, 15) is 8.78 Å². The second-order valence-electron chi connectivity index (χ2n) is 1.78. The summed E-state index contributed by atoms with van der Waals surface area (Å²) in [5.74, 6) is -2.42. The third-order valence-corrected chi connectivity index (χ3v) is 1.05. The van der Waals surface area contributed by atoms with Gasteiger partial charge in [0.1, 0.15) is 0 Å². The first-order valence-electron chi connectivity index (χ1n) is 4.29. The Bertz CT molecular complexity index is 66.5. The van der Waals surface area contributed by atoms with Crippen LogP contribution in [0.25, 0.3) is 0 Å². The maximum Gasteiger partial charge on any atom is 0.261 e. The quantitative estimate of drug-likeness (QED) is 0.585. The van der Waals surface area contributed by atoms with Crippen LogP contribution < -0.4 is 5.32 Å². The van der Waals surface area contributed by atoms with Gasteiger partial charge in [-0.25, -0.2) is 8.78 Å². The van der Waals surface area contributed by atoms with Crippen molar-refractivity contribution < 1.29 is 8.78 Å². The molecule has 0 aromatic heterocycles. The molecule has 1 saturated heterocycles. The zero-order valence-electron chi connectivity index (χ0n) is 7.88. The van der Waals surface area contributed by atoms with E-state index in [1.807, 2.05) is 27.7 Å². The predicted molar refractivity (Wildman–Crippen MR) is 45.1 cm³/mol. The fraction of sp³-hybridized carbons (Fsp3) is 1.00. The Hall–Kier alpha value is -0.180. The third-order valence-electron chi connectivity index (χ3n) is 1.05. The fourth-order valence-electron chi connectivity index (χ4n) is 0.631. The van der Waals surface area contributed by atoms with E-state index in [0.29, 0.717) is 6.54 Å². The summed E-state index contributed by atoms with van der Waals surface area (Å²) in [5, 5.41) is 2.56. The molecule has 1 rings (SSSR count). The second-order valence-corrected chi connectivity index (χ2v) is 1.78. The molecule has 70 valence electrons. The lowest BCUT2D eigenvalue weighted by Gasteiger charge is -2.02. The average molecular weight is 167 g/mol. The van der Waals surface area contributed by atoms with Gasteiger partial charge in [0.2, 0.25) is 0 Å². The van der Waals surface area contributed by atoms with E-state index in [1.165, 1.54) is 0 Å². The molecule has 1 fully saturated rings. The van der Waals surface area contributed by atoms with Crippen LogP contribution in [0, 0.1) is 0 Å². The number of hydrogen-bond donors (Lipinski definition) is 1. The number of rotatable bonds is 0. The van der Waals surface area contributed by atoms with Crippen LogP contribution in [0.15, 0.2) is 0 Å². The minimum Gasteiger partial charge on any atom is -0.311 e. The molecule has 1 nitrogen and oxygen atoms in total. The highest BCUT2D eigenvalue weighted by Gasteiger charge is 2.32. The normalized spacial score (nSPS) is 19.1. The van der Waals surface area contributed by atoms with E-state index in [0.717, 1.165) is 0 Å². The average Bonchev–Trinajstić information content (AvgIpc) is 2.43. The van der Waals surface area contributed by atoms with Crippen LogP contribution in [0.3, 0.4) is 0 Å². The van der Waals surface area contributed by atoms with Gasteiger partial charge in [-0.05, 0) is 0 Å². The summed E-state index contributed by atoms with van der Waals surface area (Å²) in [5.41, 5.74) is 0. The fourth-order valence-corrected chi connectivity index (χ4v) is 0.631. The summed E-state index contributed by atoms with van der Waals surface area (Å²) in [6.45, 7) is 8.33. The third kappa shape index (κ3) is 7.72. The second kappa shape index (κ2) is 7.92. The van der Waals surface area contributed by atoms with Gasteiger partial charge in [-0.3, -0.25) is 0 Å². The van der Waals surface area contributed by atoms with Gasteiger partial charge in [-0.1, -0.05) is 27.7 Å². The lowest BCUT2D eigenvalue weighted by molar-refractivity contribution is 0.0238. The van der Waals surface area contributed by atoms with E-state index in [1.54, 1.807) is 0 Å². The lowest BCUT2D eigenvalue weighted by Crippen LogP contribution is -2.18. The van der Waals surface area contributed by atoms with Crippen LogP contribution in [0.2, 0.25) is 0 Å². The predicted octanol–water partition coefficient (Wildman–Crippen LogP) is 2.67. The molecule has 1 aliphatic rings. The van der Waals surface area contributed by atoms with Gasteiger partial charge in [-0.2, -0.15) is 0 Å². The van der Waals surface area contributed by atoms with Crippen molar-refractivity contribution in [3.8, 4) is 0 Å². The summed E-state index contributed by atoms with van der Waals surface area (Å²) >= 11 is 0. The molecule has 0 aromatic carbocycles. The van der Waals surface area contributed by atoms with Crippen LogP contribution in [-0.4, -0.2) is 19.0 Å². The molecule has 1 N–H and O–H groups in total. The number of halogens is 2. The maximum atomic E-state index is 11.9. The van der Waals surface area contributed by atoms with Crippen molar-refractivity contribution in [2.75, 3.05) is 13.1 Å². The maximum absolute atomic E-state index is 11.9. The highest BCUT2D eigenvalue weighted by Crippen LogP contribution is 2.19. The summed E-state index contributed by atoms with van der Waals surface area (Å²) < 4.78 is 23.8. The van der Waals surface area contributed by atoms with Crippen molar-refractivity contribution in [3.05, 3.63) is 0 Å². The van der Waals surface area contributed by atoms with E-state index in [2.05, 4.69) is 5.32 Å². The van der Waals surface area contributed by atoms with Crippen molar-refractivity contribution in [1.29, 1.82) is 0 Å². The van der Waals surface area contributed by atoms with Crippen LogP contribution in [0.5, 0.6) is 0 Å². The van der Waals surface area contributed by atoms with Crippen LogP contribution in [0.4, 0.5) is 8.78 Å². The van der Waals surface area contributed by atoms with Crippen molar-refractivity contribution >= 4 is 0 Å². The Kier molecular flexibility index (Phi) is 9.66. The first kappa shape index (κ1) is 13.4. The highest BCUT2D eigenvalue weighted by atomic mass is 19.3. The van der Waals surface area contributed by atoms with Crippen molar-refractivity contribution in [1.82, 2.24) is 5.32 Å². The zero-order valence-corrected chi connectivity index (χ0v) is 7.88. The Morgan fingerprint density at radius 3 is 1.64 bits per heavy atom. The molecular weight excluding hydrogens is 148 g/mol. The van der Waals surface area contributed by atoms with Crippen molar-refractivity contribution in [3.63, 3.8) is 0 Å². The minimum atomic E-state index is -2.42. The highest BCUT2D eigenvalue weighted by molar-refractivity contribution is 4.77. The molecule has 0 bridgehead atoms. The van der Waals surface area contributed by atoms with Crippen LogP contribution >= 0.6 is 0 Å². The lowest BCUT2D eigenvalue weighted by atomic mass is 10.3. The summed E-state index contributed by atoms with van der Waals surface area (Å²) in [6.07, 6.45) is 0.00694. The number of nitrogens with one attached hydrogen (secondary N) is 1. The molecule has 0 unspecified atom stereocenters. The van der Waals surface area contributed by atoms with Crippen LogP contribution in [0.1, 0.15) is 34.1 Å². The van der Waals surface area contributed by atoms with Crippen molar-refractivity contribution in [2.45, 2.75) is 40.0 Å². The Balaban J connectivity index is 0. The largest absolute Gasteiger partial charge is 0.311 e. The van der Waals surface area contributed by atoms with Gasteiger partial charge in [0.15, 0.2) is 0 Å². The van der Waals surface area contributed by atoms with Gasteiger partial charge in [0.25, 0.3) is 5.92 Å². The molecule has 0 atom stereocenters. The van der Waals surface area contributed by atoms with Gasteiger partial charge in [0.05, 0.1) is 6.54 Å². The van der Waals surface area contributed by atoms with Gasteiger partial charge < -0.3 is 5.32 Å². The minimum absolute atomic E-state index is 0.00694. The number of hydrogen-bond acceptors (Lipinski definition) is 1. The molecule has 3 heteroatoms. The van der Waals surface area contributed by atoms with E-state index >= 15 is 0 Å². The molecular formula is C8H19F2N. The molecule has 1 aliphatic heterocycles. The Morgan fingerprint density at radius 1 is 1.09 bits per heavy atom. The standard InChI is InChI=1S/C4H7F2N.2C2H6/c5-4(6)1-2-7-3-4;2*1-2/h7H,1-3H2;2*1-2H3. The van der Waals surface area contributed by atoms with E-state index in [-0.39, 0.29) is 13.0 Å². The summed E-state index contributed by atoms with van der Waals surface area (Å²) in [6, 6.07) is 0. The van der Waals surface area contributed by atoms with E-state index in [4.69, 9.17) is 0 Å². The van der Waals surface area contributed by atoms with Crippen molar-refractivity contribution in [2.24, 2.45) is 0 Å². The first-order chi connectivity index (χ1) is 5.21. The Morgan fingerprint density at radius 2 is 1.55 bits per heavy atom. The first-order valence-corrected chi connectivity index (χ1v) is 4.29. The monoisotopic (exact) mass is 167 g/mol. The summed E-state index contributed by atoms with van der Waals surface area (Å²) in [4.78, 5) is 0. The number of alkyl halides is 2. The molecule has 0 aliphatic carbocycles. The molecule has 0 radical (unpaired) electrons. The smallest absolute Gasteiger partial charge is 0.261 e. The van der Waals surface area contributed by atoms with Gasteiger partial charge in [0, 0.05) is 13.0 Å². The van der Waals surface area contributed by atoms with Gasteiger partial charge in [-0.15, -0.1) is 0 Å². The molecule has 1 heterocycles. The molecule has 0 saturated carbocycles. The molecule has 0 amide bonds. The SMILES string of the molecule is CC.CC.FC1(F)CCNC1. The Labute approximate surface area is 68.2 Å². The van der Waals surface area contributed by atoms with Crippen LogP contribution in [-0.2, 0) is 0 Å². The van der Waals surface area contributed by atoms with E-state index < -0.39 is 5.92 Å². The molecule has 0 aromatic rings. The molecule has 11 heavy (non-hydrogen) atoms. The van der Waals surface area contributed by atoms with Gasteiger partial charge >= 0.3 is 0 Å².